The first-order chi connectivity index (χ1) is 9.01. The van der Waals surface area contributed by atoms with E-state index < -0.39 is 17.6 Å². The zero-order chi connectivity index (χ0) is 15.9. The second-order valence-electron chi connectivity index (χ2n) is 6.04. The van der Waals surface area contributed by atoms with E-state index in [0.29, 0.717) is 0 Å². The van der Waals surface area contributed by atoms with Crippen LogP contribution in [0.25, 0.3) is 0 Å². The van der Waals surface area contributed by atoms with Gasteiger partial charge in [0.1, 0.15) is 11.6 Å². The molecule has 1 unspecified atom stereocenters. The maximum Gasteiger partial charge on any atom is 0.306 e. The van der Waals surface area contributed by atoms with E-state index in [9.17, 15) is 14.4 Å². The summed E-state index contributed by atoms with van der Waals surface area (Å²) in [7, 11) is 0. The average Bonchev–Trinajstić information content (AvgIpc) is 2.23. The van der Waals surface area contributed by atoms with Gasteiger partial charge in [0.05, 0.1) is 6.42 Å². The average molecular weight is 286 g/mol. The Bertz CT molecular complexity index is 359. The molecular weight excluding hydrogens is 260 g/mol. The summed E-state index contributed by atoms with van der Waals surface area (Å²) in [5, 5.41) is 5.24. The van der Waals surface area contributed by atoms with Gasteiger partial charge in [-0.25, -0.2) is 0 Å². The van der Waals surface area contributed by atoms with Crippen molar-refractivity contribution in [2.24, 2.45) is 0 Å². The Hall–Kier alpha value is -1.59. The number of hydrogen-bond donors (Lipinski definition) is 2. The highest BCUT2D eigenvalue weighted by atomic mass is 16.6. The Morgan fingerprint density at radius 2 is 1.55 bits per heavy atom. The van der Waals surface area contributed by atoms with Crippen LogP contribution in [-0.4, -0.2) is 35.5 Å². The molecule has 0 aromatic rings. The van der Waals surface area contributed by atoms with E-state index in [0.717, 1.165) is 0 Å². The van der Waals surface area contributed by atoms with Gasteiger partial charge in [0.25, 0.3) is 0 Å². The summed E-state index contributed by atoms with van der Waals surface area (Å²) in [5.41, 5.74) is -0.558. The molecule has 0 aromatic carbocycles. The van der Waals surface area contributed by atoms with Gasteiger partial charge in [-0.15, -0.1) is 0 Å². The molecule has 0 spiro atoms. The van der Waals surface area contributed by atoms with Crippen LogP contribution in [-0.2, 0) is 19.1 Å². The molecule has 2 amide bonds. The summed E-state index contributed by atoms with van der Waals surface area (Å²) < 4.78 is 5.09. The molecule has 0 rings (SSSR count). The lowest BCUT2D eigenvalue weighted by atomic mass is 10.2. The van der Waals surface area contributed by atoms with Crippen molar-refractivity contribution in [2.45, 2.75) is 72.1 Å². The molecule has 0 bridgehead atoms. The molecule has 20 heavy (non-hydrogen) atoms. The van der Waals surface area contributed by atoms with Crippen molar-refractivity contribution in [3.05, 3.63) is 0 Å². The van der Waals surface area contributed by atoms with Crippen molar-refractivity contribution >= 4 is 17.8 Å². The molecule has 0 aliphatic rings. The van der Waals surface area contributed by atoms with Gasteiger partial charge in [-0.1, -0.05) is 0 Å². The predicted octanol–water partition coefficient (Wildman–Crippen LogP) is 1.14. The first-order valence-corrected chi connectivity index (χ1v) is 6.83. The smallest absolute Gasteiger partial charge is 0.306 e. The summed E-state index contributed by atoms with van der Waals surface area (Å²) in [6.07, 6.45) is 0.00976. The SMILES string of the molecule is CC(C)NC(=O)C(C)NC(=O)CCC(=O)OC(C)(C)C. The Morgan fingerprint density at radius 1 is 1.00 bits per heavy atom. The molecule has 0 saturated carbocycles. The summed E-state index contributed by atoms with van der Waals surface area (Å²) in [4.78, 5) is 34.7. The van der Waals surface area contributed by atoms with Crippen LogP contribution in [0.2, 0.25) is 0 Å². The van der Waals surface area contributed by atoms with Gasteiger partial charge in [0, 0.05) is 12.5 Å². The lowest BCUT2D eigenvalue weighted by Gasteiger charge is -2.19. The van der Waals surface area contributed by atoms with Crippen molar-refractivity contribution in [1.29, 1.82) is 0 Å². The first kappa shape index (κ1) is 18.4. The van der Waals surface area contributed by atoms with Gasteiger partial charge in [0.15, 0.2) is 0 Å². The number of rotatable bonds is 6. The van der Waals surface area contributed by atoms with Crippen molar-refractivity contribution in [2.75, 3.05) is 0 Å². The molecule has 0 aliphatic heterocycles. The number of hydrogen-bond acceptors (Lipinski definition) is 4. The maximum absolute atomic E-state index is 11.6. The van der Waals surface area contributed by atoms with Gasteiger partial charge in [-0.05, 0) is 41.5 Å². The molecule has 0 heterocycles. The summed E-state index contributed by atoms with van der Waals surface area (Å²) in [6.45, 7) is 10.6. The Morgan fingerprint density at radius 3 is 2.00 bits per heavy atom. The second kappa shape index (κ2) is 7.87. The van der Waals surface area contributed by atoms with Crippen LogP contribution in [0.15, 0.2) is 0 Å². The fraction of sp³-hybridized carbons (Fsp3) is 0.786. The van der Waals surface area contributed by atoms with E-state index in [2.05, 4.69) is 10.6 Å². The quantitative estimate of drug-likeness (QED) is 0.717. The standard InChI is InChI=1S/C14H26N2O4/c1-9(2)15-13(19)10(3)16-11(17)7-8-12(18)20-14(4,5)6/h9-10H,7-8H2,1-6H3,(H,15,19)(H,16,17). The summed E-state index contributed by atoms with van der Waals surface area (Å²) in [5.74, 6) is -1.01. The highest BCUT2D eigenvalue weighted by molar-refractivity contribution is 5.88. The predicted molar refractivity (Wildman–Crippen MR) is 76.0 cm³/mol. The van der Waals surface area contributed by atoms with Crippen LogP contribution in [0, 0.1) is 0 Å². The number of amides is 2. The highest BCUT2D eigenvalue weighted by Gasteiger charge is 2.19. The molecule has 0 saturated heterocycles. The van der Waals surface area contributed by atoms with E-state index >= 15 is 0 Å². The normalized spacial score (nSPS) is 12.8. The summed E-state index contributed by atoms with van der Waals surface area (Å²) >= 11 is 0. The topological polar surface area (TPSA) is 84.5 Å². The van der Waals surface area contributed by atoms with Gasteiger partial charge in [-0.2, -0.15) is 0 Å². The van der Waals surface area contributed by atoms with E-state index in [1.165, 1.54) is 0 Å². The molecule has 2 N–H and O–H groups in total. The highest BCUT2D eigenvalue weighted by Crippen LogP contribution is 2.09. The lowest BCUT2D eigenvalue weighted by molar-refractivity contribution is -0.155. The Kier molecular flexibility index (Phi) is 7.24. The van der Waals surface area contributed by atoms with Crippen LogP contribution in [0.5, 0.6) is 0 Å². The van der Waals surface area contributed by atoms with Gasteiger partial charge in [0.2, 0.25) is 11.8 Å². The Labute approximate surface area is 120 Å². The number of ether oxygens (including phenoxy) is 1. The molecule has 0 radical (unpaired) electrons. The van der Waals surface area contributed by atoms with Crippen LogP contribution >= 0.6 is 0 Å². The van der Waals surface area contributed by atoms with E-state index in [-0.39, 0.29) is 30.7 Å². The van der Waals surface area contributed by atoms with Crippen molar-refractivity contribution < 1.29 is 19.1 Å². The van der Waals surface area contributed by atoms with Gasteiger partial charge >= 0.3 is 5.97 Å². The van der Waals surface area contributed by atoms with Crippen LogP contribution in [0.4, 0.5) is 0 Å². The third-order valence-corrected chi connectivity index (χ3v) is 2.18. The zero-order valence-electron chi connectivity index (χ0n) is 13.2. The molecule has 0 aliphatic carbocycles. The maximum atomic E-state index is 11.6. The van der Waals surface area contributed by atoms with Crippen LogP contribution in [0.1, 0.15) is 54.4 Å². The minimum absolute atomic E-state index is 0.00161. The van der Waals surface area contributed by atoms with Gasteiger partial charge in [-0.3, -0.25) is 14.4 Å². The minimum atomic E-state index is -0.622. The fourth-order valence-electron chi connectivity index (χ4n) is 1.40. The molecule has 0 aromatic heterocycles. The number of carbonyl (C=O) groups is 3. The van der Waals surface area contributed by atoms with Crippen molar-refractivity contribution in [3.8, 4) is 0 Å². The lowest BCUT2D eigenvalue weighted by Crippen LogP contribution is -2.46. The third kappa shape index (κ3) is 9.35. The summed E-state index contributed by atoms with van der Waals surface area (Å²) in [6, 6.07) is -0.604. The van der Waals surface area contributed by atoms with Gasteiger partial charge < -0.3 is 15.4 Å². The molecule has 6 heteroatoms. The zero-order valence-corrected chi connectivity index (χ0v) is 13.2. The van der Waals surface area contributed by atoms with E-state index in [1.807, 2.05) is 13.8 Å². The minimum Gasteiger partial charge on any atom is -0.460 e. The number of carbonyl (C=O) groups excluding carboxylic acids is 3. The third-order valence-electron chi connectivity index (χ3n) is 2.18. The van der Waals surface area contributed by atoms with Crippen LogP contribution in [0.3, 0.4) is 0 Å². The largest absolute Gasteiger partial charge is 0.460 e. The first-order valence-electron chi connectivity index (χ1n) is 6.83. The van der Waals surface area contributed by atoms with Crippen molar-refractivity contribution in [3.63, 3.8) is 0 Å². The molecule has 116 valence electrons. The van der Waals surface area contributed by atoms with E-state index in [4.69, 9.17) is 4.74 Å². The van der Waals surface area contributed by atoms with Crippen molar-refractivity contribution in [1.82, 2.24) is 10.6 Å². The second-order valence-corrected chi connectivity index (χ2v) is 6.04. The molecule has 1 atom stereocenters. The molecule has 0 fully saturated rings. The number of nitrogens with one attached hydrogen (secondary N) is 2. The Balaban J connectivity index is 4.05. The fourth-order valence-corrected chi connectivity index (χ4v) is 1.40. The number of esters is 1. The van der Waals surface area contributed by atoms with Crippen LogP contribution < -0.4 is 10.6 Å². The monoisotopic (exact) mass is 286 g/mol. The molecule has 6 nitrogen and oxygen atoms in total. The molecular formula is C14H26N2O4. The van der Waals surface area contributed by atoms with E-state index in [1.54, 1.807) is 27.7 Å².